The third-order valence-corrected chi connectivity index (χ3v) is 3.39. The molecule has 100 valence electrons. The van der Waals surface area contributed by atoms with Crippen LogP contribution in [0.4, 0.5) is 0 Å². The summed E-state index contributed by atoms with van der Waals surface area (Å²) in [6, 6.07) is 6.92. The van der Waals surface area contributed by atoms with Crippen molar-refractivity contribution < 1.29 is 9.47 Å². The molecule has 3 nitrogen and oxygen atoms in total. The van der Waals surface area contributed by atoms with Crippen molar-refractivity contribution in [1.29, 1.82) is 0 Å². The number of benzene rings is 1. The van der Waals surface area contributed by atoms with Gasteiger partial charge in [-0.3, -0.25) is 0 Å². The Labute approximate surface area is 109 Å². The van der Waals surface area contributed by atoms with Crippen LogP contribution in [0.25, 0.3) is 0 Å². The first-order valence-corrected chi connectivity index (χ1v) is 6.92. The highest BCUT2D eigenvalue weighted by Gasteiger charge is 2.19. The summed E-state index contributed by atoms with van der Waals surface area (Å²) in [5.41, 5.74) is 2.85. The monoisotopic (exact) mass is 249 g/mol. The second-order valence-electron chi connectivity index (χ2n) is 4.62. The van der Waals surface area contributed by atoms with Gasteiger partial charge in [0.15, 0.2) is 6.79 Å². The fourth-order valence-corrected chi connectivity index (χ4v) is 2.53. The van der Waals surface area contributed by atoms with E-state index in [0.717, 1.165) is 18.7 Å². The number of rotatable bonds is 6. The fourth-order valence-electron chi connectivity index (χ4n) is 2.53. The molecule has 1 unspecified atom stereocenters. The lowest BCUT2D eigenvalue weighted by molar-refractivity contribution is 0.0223. The molecule has 0 heterocycles. The molecule has 1 aliphatic carbocycles. The van der Waals surface area contributed by atoms with Crippen LogP contribution in [0, 0.1) is 0 Å². The van der Waals surface area contributed by atoms with Crippen molar-refractivity contribution in [2.24, 2.45) is 0 Å². The summed E-state index contributed by atoms with van der Waals surface area (Å²) < 4.78 is 10.8. The van der Waals surface area contributed by atoms with E-state index >= 15 is 0 Å². The zero-order chi connectivity index (χ0) is 12.8. The van der Waals surface area contributed by atoms with Crippen LogP contribution in [-0.4, -0.2) is 19.9 Å². The Morgan fingerprint density at radius 2 is 2.22 bits per heavy atom. The molecule has 1 atom stereocenters. The third-order valence-electron chi connectivity index (χ3n) is 3.39. The van der Waals surface area contributed by atoms with E-state index in [1.807, 2.05) is 13.0 Å². The van der Waals surface area contributed by atoms with E-state index in [0.29, 0.717) is 19.4 Å². The standard InChI is InChI=1S/C15H23NO2/c1-3-16-15-7-5-6-12-10-13(8-9-14(12)15)18-11-17-4-2/h8-10,15-16H,3-7,11H2,1-2H3. The minimum absolute atomic E-state index is 0.339. The Bertz CT molecular complexity index is 379. The molecule has 0 fully saturated rings. The minimum Gasteiger partial charge on any atom is -0.468 e. The average Bonchev–Trinajstić information content (AvgIpc) is 2.39. The molecule has 0 saturated carbocycles. The van der Waals surface area contributed by atoms with E-state index in [1.54, 1.807) is 0 Å². The van der Waals surface area contributed by atoms with Gasteiger partial charge in [-0.25, -0.2) is 0 Å². The van der Waals surface area contributed by atoms with Crippen LogP contribution in [0.15, 0.2) is 18.2 Å². The summed E-state index contributed by atoms with van der Waals surface area (Å²) in [4.78, 5) is 0. The van der Waals surface area contributed by atoms with Crippen LogP contribution in [0.3, 0.4) is 0 Å². The molecule has 18 heavy (non-hydrogen) atoms. The quantitative estimate of drug-likeness (QED) is 0.621. The first-order valence-electron chi connectivity index (χ1n) is 6.92. The lowest BCUT2D eigenvalue weighted by Crippen LogP contribution is -2.24. The third kappa shape index (κ3) is 3.24. The highest BCUT2D eigenvalue weighted by atomic mass is 16.7. The van der Waals surface area contributed by atoms with Gasteiger partial charge in [0, 0.05) is 12.6 Å². The van der Waals surface area contributed by atoms with Gasteiger partial charge in [-0.1, -0.05) is 13.0 Å². The van der Waals surface area contributed by atoms with E-state index in [2.05, 4.69) is 24.4 Å². The Morgan fingerprint density at radius 3 is 3.00 bits per heavy atom. The Balaban J connectivity index is 2.06. The van der Waals surface area contributed by atoms with E-state index in [4.69, 9.17) is 9.47 Å². The molecule has 0 aromatic heterocycles. The van der Waals surface area contributed by atoms with Gasteiger partial charge in [0.2, 0.25) is 0 Å². The summed E-state index contributed by atoms with van der Waals surface area (Å²) in [7, 11) is 0. The van der Waals surface area contributed by atoms with Gasteiger partial charge in [0.25, 0.3) is 0 Å². The molecule has 0 saturated heterocycles. The number of hydrogen-bond donors (Lipinski definition) is 1. The summed E-state index contributed by atoms with van der Waals surface area (Å²) in [5.74, 6) is 0.916. The molecule has 1 aromatic rings. The van der Waals surface area contributed by atoms with Gasteiger partial charge in [0.1, 0.15) is 5.75 Å². The molecular weight excluding hydrogens is 226 g/mol. The van der Waals surface area contributed by atoms with Crippen LogP contribution in [0.5, 0.6) is 5.75 Å². The van der Waals surface area contributed by atoms with Gasteiger partial charge in [0.05, 0.1) is 0 Å². The van der Waals surface area contributed by atoms with Crippen molar-refractivity contribution in [3.05, 3.63) is 29.3 Å². The molecular formula is C15H23NO2. The van der Waals surface area contributed by atoms with Gasteiger partial charge in [-0.2, -0.15) is 0 Å². The topological polar surface area (TPSA) is 30.5 Å². The lowest BCUT2D eigenvalue weighted by atomic mass is 9.87. The van der Waals surface area contributed by atoms with E-state index in [9.17, 15) is 0 Å². The summed E-state index contributed by atoms with van der Waals surface area (Å²) in [5, 5.41) is 3.55. The summed E-state index contributed by atoms with van der Waals surface area (Å²) in [6.07, 6.45) is 3.64. The molecule has 0 aliphatic heterocycles. The maximum atomic E-state index is 5.57. The second kappa shape index (κ2) is 6.76. The molecule has 0 bridgehead atoms. The predicted octanol–water partition coefficient (Wildman–Crippen LogP) is 3.05. The number of ether oxygens (including phenoxy) is 2. The first kappa shape index (κ1) is 13.4. The number of aryl methyl sites for hydroxylation is 1. The van der Waals surface area contributed by atoms with Crippen LogP contribution in [-0.2, 0) is 11.2 Å². The zero-order valence-corrected chi connectivity index (χ0v) is 11.4. The molecule has 1 aliphatic rings. The van der Waals surface area contributed by atoms with Gasteiger partial charge in [-0.05, 0) is 56.0 Å². The summed E-state index contributed by atoms with van der Waals surface area (Å²) in [6.45, 7) is 6.18. The maximum absolute atomic E-state index is 5.57. The van der Waals surface area contributed by atoms with Crippen LogP contribution >= 0.6 is 0 Å². The molecule has 0 radical (unpaired) electrons. The van der Waals surface area contributed by atoms with Crippen molar-refractivity contribution >= 4 is 0 Å². The van der Waals surface area contributed by atoms with E-state index in [-0.39, 0.29) is 0 Å². The van der Waals surface area contributed by atoms with Crippen LogP contribution in [0.1, 0.15) is 43.9 Å². The number of hydrogen-bond acceptors (Lipinski definition) is 3. The van der Waals surface area contributed by atoms with Crippen molar-refractivity contribution in [3.8, 4) is 5.75 Å². The van der Waals surface area contributed by atoms with E-state index in [1.165, 1.54) is 24.0 Å². The Hall–Kier alpha value is -1.06. The molecule has 1 aromatic carbocycles. The molecule has 0 spiro atoms. The van der Waals surface area contributed by atoms with E-state index < -0.39 is 0 Å². The second-order valence-corrected chi connectivity index (χ2v) is 4.62. The van der Waals surface area contributed by atoms with Gasteiger partial charge >= 0.3 is 0 Å². The van der Waals surface area contributed by atoms with Crippen LogP contribution in [0.2, 0.25) is 0 Å². The SMILES string of the molecule is CCNC1CCCc2cc(OCOCC)ccc21. The van der Waals surface area contributed by atoms with Crippen molar-refractivity contribution in [2.75, 3.05) is 19.9 Å². The van der Waals surface area contributed by atoms with Crippen LogP contribution < -0.4 is 10.1 Å². The van der Waals surface area contributed by atoms with Crippen molar-refractivity contribution in [1.82, 2.24) is 5.32 Å². The zero-order valence-electron chi connectivity index (χ0n) is 11.4. The largest absolute Gasteiger partial charge is 0.468 e. The predicted molar refractivity (Wildman–Crippen MR) is 72.9 cm³/mol. The molecule has 0 amide bonds. The highest BCUT2D eigenvalue weighted by Crippen LogP contribution is 2.32. The van der Waals surface area contributed by atoms with Gasteiger partial charge in [-0.15, -0.1) is 0 Å². The first-order chi connectivity index (χ1) is 8.85. The highest BCUT2D eigenvalue weighted by molar-refractivity contribution is 5.39. The molecule has 2 rings (SSSR count). The maximum Gasteiger partial charge on any atom is 0.189 e. The number of fused-ring (bicyclic) bond motifs is 1. The normalized spacial score (nSPS) is 18.4. The number of nitrogens with one attached hydrogen (secondary N) is 1. The van der Waals surface area contributed by atoms with Crippen molar-refractivity contribution in [2.45, 2.75) is 39.2 Å². The fraction of sp³-hybridized carbons (Fsp3) is 0.600. The smallest absolute Gasteiger partial charge is 0.189 e. The minimum atomic E-state index is 0.339. The average molecular weight is 249 g/mol. The summed E-state index contributed by atoms with van der Waals surface area (Å²) >= 11 is 0. The lowest BCUT2D eigenvalue weighted by Gasteiger charge is -2.26. The molecule has 3 heteroatoms. The van der Waals surface area contributed by atoms with Gasteiger partial charge < -0.3 is 14.8 Å². The molecule has 1 N–H and O–H groups in total. The Kier molecular flexibility index (Phi) is 5.02. The van der Waals surface area contributed by atoms with Crippen molar-refractivity contribution in [3.63, 3.8) is 0 Å². The Morgan fingerprint density at radius 1 is 1.33 bits per heavy atom.